The number of rotatable bonds is 8. The first kappa shape index (κ1) is 14.9. The molecule has 0 heterocycles. The van der Waals surface area contributed by atoms with Gasteiger partial charge >= 0.3 is 0 Å². The zero-order valence-electron chi connectivity index (χ0n) is 11.5. The molecule has 0 aliphatic rings. The summed E-state index contributed by atoms with van der Waals surface area (Å²) >= 11 is 0. The van der Waals surface area contributed by atoms with E-state index in [1.54, 1.807) is 0 Å². The van der Waals surface area contributed by atoms with Crippen LogP contribution in [0, 0.1) is 5.82 Å². The minimum Gasteiger partial charge on any atom is -0.314 e. The monoisotopic (exact) mass is 249 g/mol. The lowest BCUT2D eigenvalue weighted by atomic mass is 10.00. The van der Waals surface area contributed by atoms with Crippen LogP contribution in [0.25, 0.3) is 0 Å². The van der Waals surface area contributed by atoms with E-state index in [0.717, 1.165) is 32.2 Å². The summed E-state index contributed by atoms with van der Waals surface area (Å²) in [6.45, 7) is 9.21. The maximum atomic E-state index is 12.9. The van der Waals surface area contributed by atoms with E-state index in [-0.39, 0.29) is 5.82 Å². The van der Waals surface area contributed by atoms with Crippen molar-refractivity contribution in [2.75, 3.05) is 6.54 Å². The van der Waals surface area contributed by atoms with Crippen molar-refractivity contribution in [2.24, 2.45) is 0 Å². The van der Waals surface area contributed by atoms with Crippen LogP contribution in [0.5, 0.6) is 0 Å². The second-order valence-corrected chi connectivity index (χ2v) is 4.98. The van der Waals surface area contributed by atoms with E-state index in [1.807, 2.05) is 12.1 Å². The molecule has 0 radical (unpaired) electrons. The number of hydrogen-bond donors (Lipinski definition) is 1. The lowest BCUT2D eigenvalue weighted by molar-refractivity contribution is 0.477. The van der Waals surface area contributed by atoms with Gasteiger partial charge in [0.05, 0.1) is 0 Å². The number of benzene rings is 1. The summed E-state index contributed by atoms with van der Waals surface area (Å²) in [6.07, 6.45) is 4.22. The fraction of sp³-hybridized carbons (Fsp3) is 0.500. The van der Waals surface area contributed by atoms with Crippen LogP contribution in [0.15, 0.2) is 36.4 Å². The van der Waals surface area contributed by atoms with Gasteiger partial charge in [-0.2, -0.15) is 0 Å². The molecule has 1 N–H and O–H groups in total. The fourth-order valence-electron chi connectivity index (χ4n) is 1.95. The van der Waals surface area contributed by atoms with Gasteiger partial charge in [-0.15, -0.1) is 6.58 Å². The Hall–Kier alpha value is -1.15. The molecule has 1 aromatic rings. The fourth-order valence-corrected chi connectivity index (χ4v) is 1.95. The number of allylic oxidation sites excluding steroid dienone is 1. The molecular formula is C16H24FN. The highest BCUT2D eigenvalue weighted by molar-refractivity contribution is 5.17. The van der Waals surface area contributed by atoms with E-state index in [0.29, 0.717) is 6.04 Å². The van der Waals surface area contributed by atoms with Crippen LogP contribution in [0.1, 0.15) is 38.7 Å². The van der Waals surface area contributed by atoms with E-state index in [1.165, 1.54) is 23.3 Å². The largest absolute Gasteiger partial charge is 0.314 e. The average molecular weight is 249 g/mol. The Balaban J connectivity index is 2.53. The molecule has 0 spiro atoms. The van der Waals surface area contributed by atoms with Crippen LogP contribution in [-0.4, -0.2) is 12.6 Å². The standard InChI is InChI=1S/C16H24FN/c1-4-11-18-16(10-5-13(2)3)12-14-6-8-15(17)9-7-14/h6-9,16,18H,2,4-5,10-12H2,1,3H3. The smallest absolute Gasteiger partial charge is 0.123 e. The molecule has 0 saturated carbocycles. The predicted octanol–water partition coefficient (Wildman–Crippen LogP) is 4.09. The first-order valence-corrected chi connectivity index (χ1v) is 6.74. The van der Waals surface area contributed by atoms with E-state index in [4.69, 9.17) is 0 Å². The number of hydrogen-bond acceptors (Lipinski definition) is 1. The second-order valence-electron chi connectivity index (χ2n) is 4.98. The van der Waals surface area contributed by atoms with Crippen molar-refractivity contribution in [3.8, 4) is 0 Å². The molecule has 1 rings (SSSR count). The van der Waals surface area contributed by atoms with Crippen molar-refractivity contribution in [2.45, 2.75) is 45.6 Å². The van der Waals surface area contributed by atoms with Gasteiger partial charge in [0.1, 0.15) is 5.82 Å². The minimum absolute atomic E-state index is 0.168. The van der Waals surface area contributed by atoms with Gasteiger partial charge in [-0.3, -0.25) is 0 Å². The average Bonchev–Trinajstić information content (AvgIpc) is 2.35. The van der Waals surface area contributed by atoms with Crippen molar-refractivity contribution < 1.29 is 4.39 Å². The molecule has 0 fully saturated rings. The maximum absolute atomic E-state index is 12.9. The van der Waals surface area contributed by atoms with E-state index in [9.17, 15) is 4.39 Å². The highest BCUT2D eigenvalue weighted by atomic mass is 19.1. The Bertz CT molecular complexity index is 356. The summed E-state index contributed by atoms with van der Waals surface area (Å²) in [5.41, 5.74) is 2.41. The minimum atomic E-state index is -0.168. The Labute approximate surface area is 110 Å². The third-order valence-electron chi connectivity index (χ3n) is 3.00. The summed E-state index contributed by atoms with van der Waals surface area (Å²) < 4.78 is 12.9. The summed E-state index contributed by atoms with van der Waals surface area (Å²) in [4.78, 5) is 0. The van der Waals surface area contributed by atoms with Gasteiger partial charge in [0.25, 0.3) is 0 Å². The summed E-state index contributed by atoms with van der Waals surface area (Å²) in [5, 5.41) is 3.55. The lowest BCUT2D eigenvalue weighted by Gasteiger charge is -2.18. The van der Waals surface area contributed by atoms with Gasteiger partial charge < -0.3 is 5.32 Å². The van der Waals surface area contributed by atoms with Crippen LogP contribution in [-0.2, 0) is 6.42 Å². The van der Waals surface area contributed by atoms with Crippen molar-refractivity contribution >= 4 is 0 Å². The van der Waals surface area contributed by atoms with Crippen molar-refractivity contribution in [1.29, 1.82) is 0 Å². The first-order valence-electron chi connectivity index (χ1n) is 6.74. The highest BCUT2D eigenvalue weighted by Crippen LogP contribution is 2.11. The zero-order valence-corrected chi connectivity index (χ0v) is 11.5. The van der Waals surface area contributed by atoms with Crippen molar-refractivity contribution in [1.82, 2.24) is 5.32 Å². The Morgan fingerprint density at radius 1 is 1.33 bits per heavy atom. The van der Waals surface area contributed by atoms with E-state index < -0.39 is 0 Å². The third kappa shape index (κ3) is 5.97. The summed E-state index contributed by atoms with van der Waals surface area (Å²) in [5.74, 6) is -0.168. The molecular weight excluding hydrogens is 225 g/mol. The molecule has 1 unspecified atom stereocenters. The molecule has 1 nitrogen and oxygen atoms in total. The molecule has 0 saturated heterocycles. The van der Waals surface area contributed by atoms with Gasteiger partial charge in [-0.05, 0) is 56.8 Å². The molecule has 1 atom stereocenters. The SMILES string of the molecule is C=C(C)CCC(Cc1ccc(F)cc1)NCCC. The highest BCUT2D eigenvalue weighted by Gasteiger charge is 2.08. The second kappa shape index (κ2) is 8.04. The molecule has 1 aromatic carbocycles. The van der Waals surface area contributed by atoms with Gasteiger partial charge in [0.2, 0.25) is 0 Å². The number of halogens is 1. The van der Waals surface area contributed by atoms with Crippen LogP contribution in [0.2, 0.25) is 0 Å². The molecule has 0 amide bonds. The quantitative estimate of drug-likeness (QED) is 0.684. The van der Waals surface area contributed by atoms with Crippen LogP contribution in [0.4, 0.5) is 4.39 Å². The molecule has 0 aliphatic heterocycles. The maximum Gasteiger partial charge on any atom is 0.123 e. The Kier molecular flexibility index (Phi) is 6.66. The van der Waals surface area contributed by atoms with Crippen molar-refractivity contribution in [3.63, 3.8) is 0 Å². The molecule has 18 heavy (non-hydrogen) atoms. The summed E-state index contributed by atoms with van der Waals surface area (Å²) in [6, 6.07) is 7.26. The van der Waals surface area contributed by atoms with Gasteiger partial charge in [0.15, 0.2) is 0 Å². The molecule has 0 bridgehead atoms. The topological polar surface area (TPSA) is 12.0 Å². The predicted molar refractivity (Wildman–Crippen MR) is 76.2 cm³/mol. The normalized spacial score (nSPS) is 12.4. The molecule has 0 aromatic heterocycles. The molecule has 2 heteroatoms. The van der Waals surface area contributed by atoms with E-state index >= 15 is 0 Å². The van der Waals surface area contributed by atoms with Crippen molar-refractivity contribution in [3.05, 3.63) is 47.8 Å². The number of nitrogens with one attached hydrogen (secondary N) is 1. The van der Waals surface area contributed by atoms with Gasteiger partial charge in [-0.1, -0.05) is 24.6 Å². The first-order chi connectivity index (χ1) is 8.61. The zero-order chi connectivity index (χ0) is 13.4. The molecule has 100 valence electrons. The Morgan fingerprint density at radius 2 is 2.00 bits per heavy atom. The molecule has 0 aliphatic carbocycles. The Morgan fingerprint density at radius 3 is 2.56 bits per heavy atom. The van der Waals surface area contributed by atoms with Gasteiger partial charge in [0, 0.05) is 6.04 Å². The summed E-state index contributed by atoms with van der Waals surface area (Å²) in [7, 11) is 0. The third-order valence-corrected chi connectivity index (χ3v) is 3.00. The van der Waals surface area contributed by atoms with Gasteiger partial charge in [-0.25, -0.2) is 4.39 Å². The van der Waals surface area contributed by atoms with E-state index in [2.05, 4.69) is 25.7 Å². The van der Waals surface area contributed by atoms with Crippen LogP contribution >= 0.6 is 0 Å². The van der Waals surface area contributed by atoms with Crippen LogP contribution < -0.4 is 5.32 Å². The lowest BCUT2D eigenvalue weighted by Crippen LogP contribution is -2.31. The van der Waals surface area contributed by atoms with Crippen LogP contribution in [0.3, 0.4) is 0 Å².